The number of nitrogens with zero attached hydrogens (tertiary/aromatic N) is 2. The van der Waals surface area contributed by atoms with E-state index in [1.54, 1.807) is 0 Å². The van der Waals surface area contributed by atoms with Crippen LogP contribution in [0.2, 0.25) is 0 Å². The number of ether oxygens (including phenoxy) is 1. The molecule has 0 unspecified atom stereocenters. The zero-order valence-corrected chi connectivity index (χ0v) is 15.4. The summed E-state index contributed by atoms with van der Waals surface area (Å²) in [6.07, 6.45) is 2.88. The molecule has 1 fully saturated rings. The number of ketones is 1. The third-order valence-electron chi connectivity index (χ3n) is 5.33. The molecule has 3 rings (SSSR count). The van der Waals surface area contributed by atoms with Crippen LogP contribution >= 0.6 is 0 Å². The lowest BCUT2D eigenvalue weighted by molar-refractivity contribution is -0.143. The minimum Gasteiger partial charge on any atom is -0.490 e. The van der Waals surface area contributed by atoms with Crippen LogP contribution in [0.1, 0.15) is 43.0 Å². The fourth-order valence-corrected chi connectivity index (χ4v) is 3.76. The van der Waals surface area contributed by atoms with Crippen LogP contribution in [0.4, 0.5) is 5.69 Å². The molecule has 1 N–H and O–H groups in total. The van der Waals surface area contributed by atoms with Crippen LogP contribution in [-0.4, -0.2) is 61.1 Å². The van der Waals surface area contributed by atoms with Crippen molar-refractivity contribution in [3.05, 3.63) is 23.8 Å². The molecule has 2 aliphatic heterocycles. The van der Waals surface area contributed by atoms with E-state index in [1.165, 1.54) is 0 Å². The molecule has 2 aliphatic rings. The van der Waals surface area contributed by atoms with Crippen molar-refractivity contribution < 1.29 is 19.4 Å². The first-order valence-electron chi connectivity index (χ1n) is 9.58. The van der Waals surface area contributed by atoms with Gasteiger partial charge in [0.25, 0.3) is 0 Å². The smallest absolute Gasteiger partial charge is 0.306 e. The van der Waals surface area contributed by atoms with Crippen molar-refractivity contribution in [1.29, 1.82) is 0 Å². The fraction of sp³-hybridized carbons (Fsp3) is 0.600. The minimum absolute atomic E-state index is 0.115. The van der Waals surface area contributed by atoms with E-state index in [-0.39, 0.29) is 11.7 Å². The summed E-state index contributed by atoms with van der Waals surface area (Å²) >= 11 is 0. The minimum atomic E-state index is -0.702. The van der Waals surface area contributed by atoms with Crippen LogP contribution in [0.25, 0.3) is 0 Å². The number of carbonyl (C=O) groups is 2. The highest BCUT2D eigenvalue weighted by Crippen LogP contribution is 2.33. The predicted molar refractivity (Wildman–Crippen MR) is 100 cm³/mol. The van der Waals surface area contributed by atoms with Gasteiger partial charge in [-0.05, 0) is 50.6 Å². The number of carboxylic acids is 1. The van der Waals surface area contributed by atoms with Gasteiger partial charge in [0.1, 0.15) is 12.4 Å². The molecular weight excluding hydrogens is 332 g/mol. The molecule has 0 saturated carbocycles. The number of rotatable bonds is 7. The van der Waals surface area contributed by atoms with Gasteiger partial charge in [-0.1, -0.05) is 6.92 Å². The second-order valence-corrected chi connectivity index (χ2v) is 7.15. The summed E-state index contributed by atoms with van der Waals surface area (Å²) in [5, 5.41) is 9.05. The summed E-state index contributed by atoms with van der Waals surface area (Å²) in [6.45, 7) is 6.89. The van der Waals surface area contributed by atoms with Crippen LogP contribution in [0.3, 0.4) is 0 Å². The lowest BCUT2D eigenvalue weighted by Gasteiger charge is -2.31. The first-order valence-corrected chi connectivity index (χ1v) is 9.58. The summed E-state index contributed by atoms with van der Waals surface area (Å²) in [6, 6.07) is 5.76. The standard InChI is InChI=1S/C20H28N2O4/c1-2-8-22-12-13-26-19-14-16(3-4-17(19)22)18(23)7-11-21-9-5-15(6-10-21)20(24)25/h3-4,14-15H,2,5-13H2,1H3,(H,24,25). The van der Waals surface area contributed by atoms with E-state index < -0.39 is 5.97 Å². The average Bonchev–Trinajstić information content (AvgIpc) is 2.66. The predicted octanol–water partition coefficient (Wildman–Crippen LogP) is 2.66. The van der Waals surface area contributed by atoms with E-state index in [4.69, 9.17) is 9.84 Å². The molecule has 0 atom stereocenters. The van der Waals surface area contributed by atoms with E-state index in [1.807, 2.05) is 18.2 Å². The maximum absolute atomic E-state index is 12.6. The number of benzene rings is 1. The fourth-order valence-electron chi connectivity index (χ4n) is 3.76. The molecule has 1 aromatic rings. The largest absolute Gasteiger partial charge is 0.490 e. The van der Waals surface area contributed by atoms with Crippen LogP contribution in [0.5, 0.6) is 5.75 Å². The number of likely N-dealkylation sites (tertiary alicyclic amines) is 1. The Morgan fingerprint density at radius 3 is 2.65 bits per heavy atom. The van der Waals surface area contributed by atoms with Crippen LogP contribution in [0.15, 0.2) is 18.2 Å². The van der Waals surface area contributed by atoms with Crippen molar-refractivity contribution in [2.75, 3.05) is 44.2 Å². The molecule has 0 amide bonds. The van der Waals surface area contributed by atoms with Gasteiger partial charge in [-0.3, -0.25) is 9.59 Å². The molecule has 6 nitrogen and oxygen atoms in total. The maximum atomic E-state index is 12.6. The average molecular weight is 360 g/mol. The summed E-state index contributed by atoms with van der Waals surface area (Å²) in [5.41, 5.74) is 1.77. The molecule has 1 aromatic carbocycles. The van der Waals surface area contributed by atoms with E-state index in [0.717, 1.165) is 44.0 Å². The van der Waals surface area contributed by atoms with Crippen molar-refractivity contribution in [3.8, 4) is 5.75 Å². The summed E-state index contributed by atoms with van der Waals surface area (Å²) in [4.78, 5) is 28.1. The third-order valence-corrected chi connectivity index (χ3v) is 5.33. The number of aliphatic carboxylic acids is 1. The van der Waals surface area contributed by atoms with Gasteiger partial charge in [0.05, 0.1) is 18.2 Å². The molecule has 26 heavy (non-hydrogen) atoms. The Hall–Kier alpha value is -2.08. The molecule has 142 valence electrons. The lowest BCUT2D eigenvalue weighted by Crippen LogP contribution is -2.37. The number of carbonyl (C=O) groups excluding carboxylic acids is 1. The van der Waals surface area contributed by atoms with E-state index in [0.29, 0.717) is 38.0 Å². The Morgan fingerprint density at radius 2 is 1.96 bits per heavy atom. The molecule has 1 saturated heterocycles. The Bertz CT molecular complexity index is 653. The second-order valence-electron chi connectivity index (χ2n) is 7.15. The van der Waals surface area contributed by atoms with Crippen LogP contribution in [0, 0.1) is 5.92 Å². The second kappa shape index (κ2) is 8.54. The third kappa shape index (κ3) is 4.36. The van der Waals surface area contributed by atoms with Gasteiger partial charge in [0.15, 0.2) is 5.78 Å². The molecule has 0 aromatic heterocycles. The Labute approximate surface area is 154 Å². The number of hydrogen-bond acceptors (Lipinski definition) is 5. The quantitative estimate of drug-likeness (QED) is 0.754. The van der Waals surface area contributed by atoms with E-state index in [9.17, 15) is 9.59 Å². The highest BCUT2D eigenvalue weighted by Gasteiger charge is 2.25. The van der Waals surface area contributed by atoms with Crippen molar-refractivity contribution in [3.63, 3.8) is 0 Å². The monoisotopic (exact) mass is 360 g/mol. The molecule has 6 heteroatoms. The van der Waals surface area contributed by atoms with Crippen LogP contribution in [-0.2, 0) is 4.79 Å². The number of anilines is 1. The van der Waals surface area contributed by atoms with E-state index >= 15 is 0 Å². The normalized spacial score (nSPS) is 18.3. The molecule has 0 bridgehead atoms. The number of carboxylic acid groups (broad SMARTS) is 1. The maximum Gasteiger partial charge on any atom is 0.306 e. The molecule has 0 aliphatic carbocycles. The molecule has 0 spiro atoms. The zero-order valence-electron chi connectivity index (χ0n) is 15.4. The molecular formula is C20H28N2O4. The van der Waals surface area contributed by atoms with Crippen molar-refractivity contribution in [2.45, 2.75) is 32.6 Å². The Kier molecular flexibility index (Phi) is 6.14. The molecule has 2 heterocycles. The Morgan fingerprint density at radius 1 is 1.19 bits per heavy atom. The van der Waals surface area contributed by atoms with Gasteiger partial charge in [-0.2, -0.15) is 0 Å². The van der Waals surface area contributed by atoms with Crippen molar-refractivity contribution >= 4 is 17.4 Å². The first-order chi connectivity index (χ1) is 12.6. The number of hydrogen-bond donors (Lipinski definition) is 1. The van der Waals surface area contributed by atoms with Gasteiger partial charge in [0, 0.05) is 25.1 Å². The number of piperidine rings is 1. The number of fused-ring (bicyclic) bond motifs is 1. The first kappa shape index (κ1) is 18.7. The van der Waals surface area contributed by atoms with Gasteiger partial charge >= 0.3 is 5.97 Å². The van der Waals surface area contributed by atoms with Crippen LogP contribution < -0.4 is 9.64 Å². The summed E-state index contributed by atoms with van der Waals surface area (Å²) in [7, 11) is 0. The van der Waals surface area contributed by atoms with Gasteiger partial charge in [0.2, 0.25) is 0 Å². The Balaban J connectivity index is 1.55. The lowest BCUT2D eigenvalue weighted by atomic mass is 9.97. The topological polar surface area (TPSA) is 70.1 Å². The SMILES string of the molecule is CCCN1CCOc2cc(C(=O)CCN3CCC(C(=O)O)CC3)ccc21. The highest BCUT2D eigenvalue weighted by atomic mass is 16.5. The molecule has 0 radical (unpaired) electrons. The zero-order chi connectivity index (χ0) is 18.5. The van der Waals surface area contributed by atoms with Gasteiger partial charge < -0.3 is 19.6 Å². The van der Waals surface area contributed by atoms with E-state index in [2.05, 4.69) is 16.7 Å². The summed E-state index contributed by atoms with van der Waals surface area (Å²) < 4.78 is 5.76. The van der Waals surface area contributed by atoms with Crippen molar-refractivity contribution in [2.24, 2.45) is 5.92 Å². The van der Waals surface area contributed by atoms with Crippen molar-refractivity contribution in [1.82, 2.24) is 4.90 Å². The summed E-state index contributed by atoms with van der Waals surface area (Å²) in [5.74, 6) is -0.0140. The highest BCUT2D eigenvalue weighted by molar-refractivity contribution is 5.97. The number of Topliss-reactive ketones (excluding diaryl/α,β-unsaturated/α-hetero) is 1. The van der Waals surface area contributed by atoms with Gasteiger partial charge in [-0.15, -0.1) is 0 Å². The van der Waals surface area contributed by atoms with Gasteiger partial charge in [-0.25, -0.2) is 0 Å².